The Kier molecular flexibility index (Phi) is 5.16. The summed E-state index contributed by atoms with van der Waals surface area (Å²) >= 11 is 0. The van der Waals surface area contributed by atoms with Gasteiger partial charge >= 0.3 is 5.69 Å². The molecule has 8 nitrogen and oxygen atoms in total. The molecule has 0 radical (unpaired) electrons. The molecule has 150 valence electrons. The largest absolute Gasteiger partial charge is 0.491 e. The van der Waals surface area contributed by atoms with E-state index in [1.54, 1.807) is 11.6 Å². The second-order valence-corrected chi connectivity index (χ2v) is 7.99. The normalized spacial score (nSPS) is 13.1. The molecule has 0 saturated carbocycles. The molecule has 1 atom stereocenters. The van der Waals surface area contributed by atoms with Gasteiger partial charge in [0, 0.05) is 14.1 Å². The Bertz CT molecular complexity index is 1120. The number of fused-ring (bicyclic) bond motifs is 1. The highest BCUT2D eigenvalue weighted by atomic mass is 16.5. The van der Waals surface area contributed by atoms with E-state index in [1.165, 1.54) is 17.9 Å². The van der Waals surface area contributed by atoms with E-state index in [1.807, 2.05) is 24.3 Å². The molecule has 1 unspecified atom stereocenters. The summed E-state index contributed by atoms with van der Waals surface area (Å²) in [6, 6.07) is 7.74. The predicted octanol–water partition coefficient (Wildman–Crippen LogP) is 1.17. The van der Waals surface area contributed by atoms with Crippen molar-refractivity contribution < 1.29 is 9.84 Å². The van der Waals surface area contributed by atoms with Crippen LogP contribution in [0.4, 0.5) is 0 Å². The van der Waals surface area contributed by atoms with Crippen LogP contribution in [0, 0.1) is 0 Å². The number of nitrogens with zero attached hydrogens (tertiary/aromatic N) is 4. The van der Waals surface area contributed by atoms with E-state index < -0.39 is 17.4 Å². The molecule has 2 aromatic heterocycles. The first-order chi connectivity index (χ1) is 13.1. The summed E-state index contributed by atoms with van der Waals surface area (Å²) in [5, 5.41) is 10.5. The van der Waals surface area contributed by atoms with Crippen LogP contribution in [-0.2, 0) is 26.1 Å². The Balaban J connectivity index is 1.81. The van der Waals surface area contributed by atoms with Gasteiger partial charge in [-0.1, -0.05) is 39.0 Å². The number of imidazole rings is 1. The fourth-order valence-electron chi connectivity index (χ4n) is 3.21. The van der Waals surface area contributed by atoms with E-state index in [2.05, 4.69) is 25.8 Å². The summed E-state index contributed by atoms with van der Waals surface area (Å²) in [6.45, 7) is 6.50. The Morgan fingerprint density at radius 2 is 1.82 bits per heavy atom. The minimum absolute atomic E-state index is 0.0683. The lowest BCUT2D eigenvalue weighted by atomic mass is 9.86. The highest BCUT2D eigenvalue weighted by molar-refractivity contribution is 5.69. The molecule has 0 aliphatic carbocycles. The first-order valence-corrected chi connectivity index (χ1v) is 9.12. The van der Waals surface area contributed by atoms with Crippen molar-refractivity contribution in [3.63, 3.8) is 0 Å². The van der Waals surface area contributed by atoms with Crippen molar-refractivity contribution in [1.82, 2.24) is 18.7 Å². The molecule has 2 heterocycles. The maximum atomic E-state index is 12.5. The van der Waals surface area contributed by atoms with Crippen LogP contribution in [0.3, 0.4) is 0 Å². The molecule has 0 saturated heterocycles. The Morgan fingerprint density at radius 3 is 2.50 bits per heavy atom. The smallest absolute Gasteiger partial charge is 0.332 e. The molecule has 0 amide bonds. The van der Waals surface area contributed by atoms with Gasteiger partial charge in [0.15, 0.2) is 11.2 Å². The van der Waals surface area contributed by atoms with Crippen molar-refractivity contribution in [2.45, 2.75) is 38.8 Å². The number of aryl methyl sites for hydroxylation is 1. The molecule has 0 aliphatic heterocycles. The number of hydrogen-bond acceptors (Lipinski definition) is 5. The zero-order valence-corrected chi connectivity index (χ0v) is 16.8. The van der Waals surface area contributed by atoms with Gasteiger partial charge in [-0.15, -0.1) is 0 Å². The van der Waals surface area contributed by atoms with Gasteiger partial charge in [0.2, 0.25) is 0 Å². The van der Waals surface area contributed by atoms with Crippen LogP contribution in [-0.4, -0.2) is 36.5 Å². The summed E-state index contributed by atoms with van der Waals surface area (Å²) in [4.78, 5) is 28.6. The topological polar surface area (TPSA) is 91.3 Å². The molecule has 0 aliphatic rings. The number of para-hydroxylation sites is 1. The van der Waals surface area contributed by atoms with E-state index >= 15 is 0 Å². The van der Waals surface area contributed by atoms with Gasteiger partial charge in [-0.2, -0.15) is 0 Å². The first kappa shape index (κ1) is 19.9. The SMILES string of the molecule is Cn1c(=O)c2c(ncn2CC(O)COc2ccccc2C(C)(C)C)n(C)c1=O. The van der Waals surface area contributed by atoms with E-state index in [0.717, 1.165) is 15.9 Å². The average Bonchev–Trinajstić information content (AvgIpc) is 3.06. The van der Waals surface area contributed by atoms with Crippen molar-refractivity contribution in [3.8, 4) is 5.75 Å². The van der Waals surface area contributed by atoms with E-state index in [0.29, 0.717) is 5.65 Å². The van der Waals surface area contributed by atoms with Crippen molar-refractivity contribution in [2.75, 3.05) is 6.61 Å². The number of ether oxygens (including phenoxy) is 1. The molecule has 0 spiro atoms. The lowest BCUT2D eigenvalue weighted by Crippen LogP contribution is -2.38. The number of rotatable bonds is 5. The number of hydrogen-bond donors (Lipinski definition) is 1. The predicted molar refractivity (Wildman–Crippen MR) is 107 cm³/mol. The Hall–Kier alpha value is -2.87. The van der Waals surface area contributed by atoms with Gasteiger partial charge in [0.25, 0.3) is 5.56 Å². The summed E-state index contributed by atoms with van der Waals surface area (Å²) in [5.41, 5.74) is 0.656. The molecule has 28 heavy (non-hydrogen) atoms. The quantitative estimate of drug-likeness (QED) is 0.711. The second-order valence-electron chi connectivity index (χ2n) is 7.99. The van der Waals surface area contributed by atoms with Gasteiger partial charge in [-0.05, 0) is 17.0 Å². The summed E-state index contributed by atoms with van der Waals surface area (Å²) in [6.07, 6.45) is 0.602. The maximum Gasteiger partial charge on any atom is 0.332 e. The van der Waals surface area contributed by atoms with E-state index in [-0.39, 0.29) is 24.1 Å². The van der Waals surface area contributed by atoms with Crippen LogP contribution in [0.25, 0.3) is 11.2 Å². The Labute approximate surface area is 162 Å². The number of aromatic nitrogens is 4. The van der Waals surface area contributed by atoms with Gasteiger partial charge in [0.05, 0.1) is 12.9 Å². The molecule has 3 rings (SSSR count). The van der Waals surface area contributed by atoms with Crippen molar-refractivity contribution >= 4 is 11.2 Å². The van der Waals surface area contributed by atoms with Gasteiger partial charge in [0.1, 0.15) is 18.5 Å². The molecule has 0 fully saturated rings. The van der Waals surface area contributed by atoms with Crippen LogP contribution in [0.5, 0.6) is 5.75 Å². The highest BCUT2D eigenvalue weighted by Crippen LogP contribution is 2.31. The van der Waals surface area contributed by atoms with Crippen LogP contribution in [0.2, 0.25) is 0 Å². The van der Waals surface area contributed by atoms with Crippen molar-refractivity contribution in [3.05, 3.63) is 57.0 Å². The molecule has 3 aromatic rings. The molecule has 8 heteroatoms. The summed E-state index contributed by atoms with van der Waals surface area (Å²) < 4.78 is 9.76. The number of aliphatic hydroxyl groups is 1. The van der Waals surface area contributed by atoms with Gasteiger partial charge < -0.3 is 14.4 Å². The molecule has 0 bridgehead atoms. The molecule has 1 N–H and O–H groups in total. The van der Waals surface area contributed by atoms with Crippen LogP contribution in [0.1, 0.15) is 26.3 Å². The molecule has 1 aromatic carbocycles. The van der Waals surface area contributed by atoms with Crippen molar-refractivity contribution in [2.24, 2.45) is 14.1 Å². The monoisotopic (exact) mass is 386 g/mol. The standard InChI is InChI=1S/C20H26N4O4/c1-20(2,3)14-8-6-7-9-15(14)28-11-13(25)10-24-12-21-17-16(24)18(26)23(5)19(27)22(17)4/h6-9,12-13,25H,10-11H2,1-5H3. The summed E-state index contributed by atoms with van der Waals surface area (Å²) in [5.74, 6) is 0.725. The van der Waals surface area contributed by atoms with E-state index in [4.69, 9.17) is 4.74 Å². The third kappa shape index (κ3) is 3.60. The first-order valence-electron chi connectivity index (χ1n) is 9.12. The fourth-order valence-corrected chi connectivity index (χ4v) is 3.21. The highest BCUT2D eigenvalue weighted by Gasteiger charge is 2.20. The Morgan fingerprint density at radius 1 is 1.14 bits per heavy atom. The maximum absolute atomic E-state index is 12.5. The number of aliphatic hydroxyl groups excluding tert-OH is 1. The number of benzene rings is 1. The zero-order chi connectivity index (χ0) is 20.6. The minimum atomic E-state index is -0.854. The van der Waals surface area contributed by atoms with Crippen molar-refractivity contribution in [1.29, 1.82) is 0 Å². The van der Waals surface area contributed by atoms with Gasteiger partial charge in [-0.3, -0.25) is 13.9 Å². The fraction of sp³-hybridized carbons (Fsp3) is 0.450. The van der Waals surface area contributed by atoms with Crippen LogP contribution >= 0.6 is 0 Å². The lowest BCUT2D eigenvalue weighted by molar-refractivity contribution is 0.0924. The van der Waals surface area contributed by atoms with E-state index in [9.17, 15) is 14.7 Å². The zero-order valence-electron chi connectivity index (χ0n) is 16.8. The minimum Gasteiger partial charge on any atom is -0.491 e. The van der Waals surface area contributed by atoms with Gasteiger partial charge in [-0.25, -0.2) is 9.78 Å². The lowest BCUT2D eigenvalue weighted by Gasteiger charge is -2.23. The third-order valence-electron chi connectivity index (χ3n) is 4.75. The summed E-state index contributed by atoms with van der Waals surface area (Å²) in [7, 11) is 2.98. The molecular formula is C20H26N4O4. The third-order valence-corrected chi connectivity index (χ3v) is 4.75. The average molecular weight is 386 g/mol. The van der Waals surface area contributed by atoms with Crippen LogP contribution in [0.15, 0.2) is 40.2 Å². The molecular weight excluding hydrogens is 360 g/mol. The second kappa shape index (κ2) is 7.27. The van der Waals surface area contributed by atoms with Crippen LogP contribution < -0.4 is 16.0 Å².